The molecule has 0 amide bonds. The molecule has 4 aromatic rings. The van der Waals surface area contributed by atoms with Gasteiger partial charge in [-0.3, -0.25) is 30.3 Å². The van der Waals surface area contributed by atoms with Gasteiger partial charge in [0, 0.05) is 48.2 Å². The zero-order chi connectivity index (χ0) is 29.5. The lowest BCUT2D eigenvalue weighted by molar-refractivity contribution is -0.386. The summed E-state index contributed by atoms with van der Waals surface area (Å²) in [5, 5.41) is 43.6. The Hall–Kier alpha value is -5.96. The third-order valence-electron chi connectivity index (χ3n) is 6.26. The number of benzene rings is 4. The molecule has 12 heteroatoms. The predicted molar refractivity (Wildman–Crippen MR) is 145 cm³/mol. The average molecular weight is 552 g/mol. The van der Waals surface area contributed by atoms with E-state index in [-0.39, 0.29) is 47.6 Å². The summed E-state index contributed by atoms with van der Waals surface area (Å²) < 4.78 is 5.41. The molecule has 0 radical (unpaired) electrons. The summed E-state index contributed by atoms with van der Waals surface area (Å²) in [5.41, 5.74) is 1.72. The summed E-state index contributed by atoms with van der Waals surface area (Å²) in [6.45, 7) is -0.232. The Morgan fingerprint density at radius 2 is 1.34 bits per heavy atom. The average Bonchev–Trinajstić information content (AvgIpc) is 2.96. The van der Waals surface area contributed by atoms with Crippen LogP contribution in [0, 0.1) is 41.7 Å². The van der Waals surface area contributed by atoms with Crippen LogP contribution in [0.2, 0.25) is 0 Å². The first-order valence-corrected chi connectivity index (χ1v) is 12.1. The van der Waals surface area contributed by atoms with E-state index < -0.39 is 20.7 Å². The number of rotatable bonds is 10. The molecule has 12 nitrogen and oxygen atoms in total. The van der Waals surface area contributed by atoms with Crippen LogP contribution in [-0.4, -0.2) is 20.7 Å². The maximum absolute atomic E-state index is 13.2. The van der Waals surface area contributed by atoms with E-state index in [1.54, 1.807) is 24.3 Å². The minimum Gasteiger partial charge on any atom is -0.457 e. The lowest BCUT2D eigenvalue weighted by Gasteiger charge is -2.14. The predicted octanol–water partition coefficient (Wildman–Crippen LogP) is 5.82. The van der Waals surface area contributed by atoms with E-state index in [9.17, 15) is 40.4 Å². The molecule has 4 rings (SSSR count). The molecule has 0 N–H and O–H groups in total. The summed E-state index contributed by atoms with van der Waals surface area (Å²) in [7, 11) is 0. The molecule has 0 atom stereocenters. The lowest BCUT2D eigenvalue weighted by atomic mass is 9.92. The number of nitriles is 1. The Labute approximate surface area is 232 Å². The standard InChI is InChI=1S/C29H20N4O8/c30-17-22-3-1-2-21(14-22)15-23-8-13-26(29(34)41-18-20-6-11-25(12-7-20)32(37)38)27(28(23)33(39)40)16-19-4-9-24(10-5-19)31(35)36/h1-14H,15-16,18H2. The summed E-state index contributed by atoms with van der Waals surface area (Å²) in [5.74, 6) is -0.846. The van der Waals surface area contributed by atoms with Crippen molar-refractivity contribution in [2.75, 3.05) is 0 Å². The minimum atomic E-state index is -0.846. The van der Waals surface area contributed by atoms with Crippen LogP contribution in [0.3, 0.4) is 0 Å². The Kier molecular flexibility index (Phi) is 8.39. The second-order valence-electron chi connectivity index (χ2n) is 8.95. The molecular formula is C29H20N4O8. The molecule has 0 saturated carbocycles. The van der Waals surface area contributed by atoms with Crippen LogP contribution < -0.4 is 0 Å². The molecule has 0 aliphatic heterocycles. The first kappa shape index (κ1) is 28.1. The summed E-state index contributed by atoms with van der Waals surface area (Å²) in [6.07, 6.45) is 0.0135. The van der Waals surface area contributed by atoms with Gasteiger partial charge in [0.15, 0.2) is 0 Å². The highest BCUT2D eigenvalue weighted by Gasteiger charge is 2.27. The summed E-state index contributed by atoms with van der Waals surface area (Å²) in [6, 6.07) is 22.4. The maximum Gasteiger partial charge on any atom is 0.339 e. The molecule has 0 fully saturated rings. The fourth-order valence-electron chi connectivity index (χ4n) is 4.28. The molecule has 0 bridgehead atoms. The third-order valence-corrected chi connectivity index (χ3v) is 6.26. The topological polar surface area (TPSA) is 180 Å². The van der Waals surface area contributed by atoms with Gasteiger partial charge in [-0.2, -0.15) is 5.26 Å². The quantitative estimate of drug-likeness (QED) is 0.133. The number of nitro benzene ring substituents is 3. The number of nitro groups is 3. The summed E-state index contributed by atoms with van der Waals surface area (Å²) >= 11 is 0. The van der Waals surface area contributed by atoms with Gasteiger partial charge >= 0.3 is 5.97 Å². The van der Waals surface area contributed by atoms with Crippen molar-refractivity contribution in [2.45, 2.75) is 19.4 Å². The number of ether oxygens (including phenoxy) is 1. The van der Waals surface area contributed by atoms with Crippen LogP contribution >= 0.6 is 0 Å². The summed E-state index contributed by atoms with van der Waals surface area (Å²) in [4.78, 5) is 45.8. The number of non-ortho nitro benzene ring substituents is 2. The smallest absolute Gasteiger partial charge is 0.339 e. The van der Waals surface area contributed by atoms with Crippen molar-refractivity contribution < 1.29 is 24.3 Å². The van der Waals surface area contributed by atoms with Gasteiger partial charge in [0.2, 0.25) is 0 Å². The van der Waals surface area contributed by atoms with E-state index in [0.29, 0.717) is 27.8 Å². The largest absolute Gasteiger partial charge is 0.457 e. The Bertz CT molecular complexity index is 1690. The number of esters is 1. The van der Waals surface area contributed by atoms with Gasteiger partial charge in [-0.15, -0.1) is 0 Å². The monoisotopic (exact) mass is 552 g/mol. The van der Waals surface area contributed by atoms with Gasteiger partial charge in [-0.1, -0.05) is 30.3 Å². The molecule has 41 heavy (non-hydrogen) atoms. The van der Waals surface area contributed by atoms with Crippen molar-refractivity contribution in [1.82, 2.24) is 0 Å². The maximum atomic E-state index is 13.2. The van der Waals surface area contributed by atoms with Crippen molar-refractivity contribution in [3.63, 3.8) is 0 Å². The second-order valence-corrected chi connectivity index (χ2v) is 8.95. The zero-order valence-corrected chi connectivity index (χ0v) is 21.3. The molecule has 0 unspecified atom stereocenters. The fourth-order valence-corrected chi connectivity index (χ4v) is 4.28. The van der Waals surface area contributed by atoms with Crippen molar-refractivity contribution in [3.05, 3.63) is 154 Å². The Morgan fingerprint density at radius 3 is 1.90 bits per heavy atom. The van der Waals surface area contributed by atoms with E-state index in [1.165, 1.54) is 60.7 Å². The highest BCUT2D eigenvalue weighted by molar-refractivity contribution is 5.93. The highest BCUT2D eigenvalue weighted by Crippen LogP contribution is 2.32. The molecule has 0 saturated heterocycles. The number of nitrogens with zero attached hydrogens (tertiary/aromatic N) is 4. The molecular weight excluding hydrogens is 532 g/mol. The van der Waals surface area contributed by atoms with Crippen LogP contribution in [0.5, 0.6) is 0 Å². The van der Waals surface area contributed by atoms with Crippen molar-refractivity contribution in [2.24, 2.45) is 0 Å². The van der Waals surface area contributed by atoms with Gasteiger partial charge < -0.3 is 4.74 Å². The van der Waals surface area contributed by atoms with E-state index in [0.717, 1.165) is 0 Å². The molecule has 0 heterocycles. The first-order valence-electron chi connectivity index (χ1n) is 12.1. The lowest BCUT2D eigenvalue weighted by Crippen LogP contribution is -2.13. The van der Waals surface area contributed by atoms with Gasteiger partial charge in [0.25, 0.3) is 17.1 Å². The van der Waals surface area contributed by atoms with Crippen LogP contribution in [-0.2, 0) is 24.2 Å². The molecule has 0 aromatic heterocycles. The van der Waals surface area contributed by atoms with Crippen LogP contribution in [0.1, 0.15) is 43.7 Å². The number of hydrogen-bond donors (Lipinski definition) is 0. The minimum absolute atomic E-state index is 0.0616. The van der Waals surface area contributed by atoms with Crippen molar-refractivity contribution >= 4 is 23.0 Å². The van der Waals surface area contributed by atoms with E-state index in [4.69, 9.17) is 4.74 Å². The fraction of sp³-hybridized carbons (Fsp3) is 0.103. The highest BCUT2D eigenvalue weighted by atomic mass is 16.6. The Morgan fingerprint density at radius 1 is 0.732 bits per heavy atom. The Balaban J connectivity index is 1.72. The second kappa shape index (κ2) is 12.3. The van der Waals surface area contributed by atoms with E-state index in [1.807, 2.05) is 6.07 Å². The SMILES string of the molecule is N#Cc1cccc(Cc2ccc(C(=O)OCc3ccc([N+](=O)[O-])cc3)c(Cc3ccc([N+](=O)[O-])cc3)c2[N+](=O)[O-])c1. The normalized spacial score (nSPS) is 10.4. The van der Waals surface area contributed by atoms with Crippen molar-refractivity contribution in [3.8, 4) is 6.07 Å². The molecule has 0 aliphatic carbocycles. The van der Waals surface area contributed by atoms with Crippen LogP contribution in [0.25, 0.3) is 0 Å². The van der Waals surface area contributed by atoms with Crippen LogP contribution in [0.4, 0.5) is 17.1 Å². The number of carbonyl (C=O) groups is 1. The third kappa shape index (κ3) is 6.73. The van der Waals surface area contributed by atoms with Gasteiger partial charge in [0.05, 0.1) is 32.0 Å². The molecule has 0 aliphatic rings. The zero-order valence-electron chi connectivity index (χ0n) is 21.3. The molecule has 4 aromatic carbocycles. The molecule has 0 spiro atoms. The molecule has 204 valence electrons. The van der Waals surface area contributed by atoms with Crippen LogP contribution in [0.15, 0.2) is 84.9 Å². The number of hydrogen-bond acceptors (Lipinski definition) is 9. The van der Waals surface area contributed by atoms with Gasteiger partial charge in [0.1, 0.15) is 6.61 Å². The van der Waals surface area contributed by atoms with Crippen molar-refractivity contribution in [1.29, 1.82) is 5.26 Å². The van der Waals surface area contributed by atoms with Gasteiger partial charge in [-0.05, 0) is 47.0 Å². The van der Waals surface area contributed by atoms with Gasteiger partial charge in [-0.25, -0.2) is 4.79 Å². The van der Waals surface area contributed by atoms with E-state index >= 15 is 0 Å². The number of carbonyl (C=O) groups excluding carboxylic acids is 1. The van der Waals surface area contributed by atoms with E-state index in [2.05, 4.69) is 0 Å². The first-order chi connectivity index (χ1) is 19.7.